The number of hydrogen-bond acceptors (Lipinski definition) is 10. The Morgan fingerprint density at radius 2 is 1.69 bits per heavy atom. The Labute approximate surface area is 338 Å². The number of carbonyl (C=O) groups excluding carboxylic acids is 5. The maximum Gasteiger partial charge on any atom is 0.426 e. The number of Topliss-reactive ketones (excluding diaryl/α,β-unsaturated/α-hetero) is 1. The van der Waals surface area contributed by atoms with Gasteiger partial charge < -0.3 is 14.8 Å². The van der Waals surface area contributed by atoms with Crippen molar-refractivity contribution < 1.29 is 33.4 Å². The number of halogens is 3. The summed E-state index contributed by atoms with van der Waals surface area (Å²) in [6.45, 7) is 10.5. The molecule has 302 valence electrons. The van der Waals surface area contributed by atoms with Gasteiger partial charge in [-0.15, -0.1) is 0 Å². The van der Waals surface area contributed by atoms with Crippen molar-refractivity contribution in [2.75, 3.05) is 25.2 Å². The summed E-state index contributed by atoms with van der Waals surface area (Å²) >= 11 is 17.1. The van der Waals surface area contributed by atoms with E-state index in [2.05, 4.69) is 16.2 Å². The number of allylic oxidation sites excluding steroid dienone is 1. The topological polar surface area (TPSA) is 159 Å². The fourth-order valence-electron chi connectivity index (χ4n) is 6.59. The average molecular weight is 824 g/mol. The van der Waals surface area contributed by atoms with Crippen molar-refractivity contribution in [1.29, 1.82) is 0 Å². The Hall–Kier alpha value is -3.65. The van der Waals surface area contributed by atoms with E-state index < -0.39 is 57.4 Å². The molecule has 16 heteroatoms. The molecule has 1 aliphatic carbocycles. The van der Waals surface area contributed by atoms with E-state index in [0.29, 0.717) is 30.7 Å². The highest BCUT2D eigenvalue weighted by molar-refractivity contribution is 6.67. The Morgan fingerprint density at radius 3 is 2.35 bits per heavy atom. The molecule has 3 atom stereocenters. The first kappa shape index (κ1) is 44.1. The van der Waals surface area contributed by atoms with Crippen LogP contribution in [-0.2, 0) is 28.7 Å². The van der Waals surface area contributed by atoms with E-state index in [0.717, 1.165) is 36.6 Å². The number of esters is 1. The average Bonchev–Trinajstić information content (AvgIpc) is 3.64. The number of anilines is 1. The summed E-state index contributed by atoms with van der Waals surface area (Å²) in [6, 6.07) is 7.73. The van der Waals surface area contributed by atoms with E-state index in [4.69, 9.17) is 49.3 Å². The maximum absolute atomic E-state index is 13.9. The molecular formula is C39H53Cl3N6O7. The van der Waals surface area contributed by atoms with E-state index in [1.54, 1.807) is 40.8 Å². The number of alkyl halides is 3. The summed E-state index contributed by atoms with van der Waals surface area (Å²) in [5, 5.41) is 6.55. The van der Waals surface area contributed by atoms with Gasteiger partial charge in [0.15, 0.2) is 0 Å². The largest absolute Gasteiger partial charge is 0.460 e. The highest BCUT2D eigenvalue weighted by Crippen LogP contribution is 2.36. The van der Waals surface area contributed by atoms with Crippen molar-refractivity contribution in [2.45, 2.75) is 108 Å². The number of carbonyl (C=O) groups is 5. The van der Waals surface area contributed by atoms with Gasteiger partial charge in [0.25, 0.3) is 5.91 Å². The zero-order valence-corrected chi connectivity index (χ0v) is 34.8. The first-order chi connectivity index (χ1) is 25.6. The zero-order valence-electron chi connectivity index (χ0n) is 32.5. The zero-order chi connectivity index (χ0) is 40.7. The molecule has 3 N–H and O–H groups in total. The third-order valence-electron chi connectivity index (χ3n) is 9.67. The van der Waals surface area contributed by atoms with Gasteiger partial charge in [-0.25, -0.2) is 20.6 Å². The molecule has 2 aromatic rings. The number of fused-ring (bicyclic) bond motifs is 1. The van der Waals surface area contributed by atoms with Crippen molar-refractivity contribution in [2.24, 2.45) is 17.3 Å². The maximum atomic E-state index is 13.9. The van der Waals surface area contributed by atoms with Gasteiger partial charge in [0, 0.05) is 36.7 Å². The van der Waals surface area contributed by atoms with E-state index >= 15 is 0 Å². The van der Waals surface area contributed by atoms with Crippen LogP contribution in [-0.4, -0.2) is 81.3 Å². The lowest BCUT2D eigenvalue weighted by molar-refractivity contribution is -0.153. The van der Waals surface area contributed by atoms with Crippen LogP contribution in [0.4, 0.5) is 10.6 Å². The van der Waals surface area contributed by atoms with Crippen LogP contribution in [0.1, 0.15) is 92.1 Å². The van der Waals surface area contributed by atoms with Crippen LogP contribution >= 0.6 is 34.8 Å². The fourth-order valence-corrected chi connectivity index (χ4v) is 6.75. The lowest BCUT2D eigenvalue weighted by atomic mass is 9.78. The predicted octanol–water partition coefficient (Wildman–Crippen LogP) is 6.83. The molecule has 2 heterocycles. The highest BCUT2D eigenvalue weighted by atomic mass is 35.6. The minimum Gasteiger partial charge on any atom is -0.460 e. The summed E-state index contributed by atoms with van der Waals surface area (Å²) in [5.74, 6) is -1.60. The van der Waals surface area contributed by atoms with Crippen LogP contribution < -0.4 is 21.2 Å². The van der Waals surface area contributed by atoms with E-state index in [9.17, 15) is 24.0 Å². The molecule has 0 radical (unpaired) electrons. The van der Waals surface area contributed by atoms with E-state index in [-0.39, 0.29) is 24.0 Å². The number of hydrogen-bond donors (Lipinski definition) is 3. The summed E-state index contributed by atoms with van der Waals surface area (Å²) in [4.78, 5) is 70.6. The first-order valence-electron chi connectivity index (χ1n) is 18.6. The molecular weight excluding hydrogens is 771 g/mol. The number of pyridine rings is 1. The van der Waals surface area contributed by atoms with Gasteiger partial charge in [-0.1, -0.05) is 71.9 Å². The molecule has 2 aliphatic rings. The lowest BCUT2D eigenvalue weighted by Gasteiger charge is -2.35. The van der Waals surface area contributed by atoms with Gasteiger partial charge in [-0.3, -0.25) is 29.2 Å². The molecule has 2 fully saturated rings. The van der Waals surface area contributed by atoms with Crippen LogP contribution in [0.15, 0.2) is 36.4 Å². The molecule has 1 saturated heterocycles. The van der Waals surface area contributed by atoms with Gasteiger partial charge in [-0.05, 0) is 96.9 Å². The quantitative estimate of drug-likeness (QED) is 0.111. The van der Waals surface area contributed by atoms with Crippen molar-refractivity contribution >= 4 is 87.3 Å². The molecule has 1 aromatic carbocycles. The molecule has 1 aromatic heterocycles. The second kappa shape index (κ2) is 18.5. The molecule has 4 rings (SSSR count). The van der Waals surface area contributed by atoms with Crippen molar-refractivity contribution in [3.8, 4) is 0 Å². The Bertz CT molecular complexity index is 1750. The molecule has 1 unspecified atom stereocenters. The second-order valence-electron chi connectivity index (χ2n) is 15.9. The smallest absolute Gasteiger partial charge is 0.426 e. The van der Waals surface area contributed by atoms with Gasteiger partial charge in [0.1, 0.15) is 35.9 Å². The number of aromatic nitrogens is 1. The molecule has 0 bridgehead atoms. The van der Waals surface area contributed by atoms with Gasteiger partial charge >= 0.3 is 12.1 Å². The van der Waals surface area contributed by atoms with E-state index in [1.165, 1.54) is 10.0 Å². The molecule has 55 heavy (non-hydrogen) atoms. The van der Waals surface area contributed by atoms with Crippen molar-refractivity contribution in [3.05, 3.63) is 42.0 Å². The standard InChI is InChI=1S/C39H53Cl3N6O7/c1-24(34(51)48-20-10-13-29(45-48)35(52)54-23-39(40,41)42)43-33(50)28(26-11-8-9-12-26)22-31(49)38(5,6)19-18-25-14-15-27-16-17-32(44-30(27)21-25)47(7)46-36(53)55-37(2,3)4/h14-19,21,24,26,28-29,45H,8-13,20,22-23H2,1-7H3,(H,43,50)(H,46,53)/b19-18+/t24-,28?,29-/m0/s1. The second-order valence-corrected chi connectivity index (χ2v) is 18.4. The SMILES string of the molecule is C[C@H](NC(=O)C(CC(=O)C(C)(C)/C=C/c1ccc2ccc(N(C)NC(=O)OC(C)(C)C)nc2c1)C1CCCC1)C(=O)N1CCC[C@@H](C(=O)OCC(Cl)(Cl)Cl)N1. The fraction of sp³-hybridized carbons (Fsp3) is 0.590. The number of ether oxygens (including phenoxy) is 2. The normalized spacial score (nSPS) is 18.1. The molecule has 0 spiro atoms. The number of nitrogens with one attached hydrogen (secondary N) is 3. The highest BCUT2D eigenvalue weighted by Gasteiger charge is 2.38. The molecule has 3 amide bonds. The molecule has 13 nitrogen and oxygen atoms in total. The Morgan fingerprint density at radius 1 is 1.02 bits per heavy atom. The third-order valence-corrected chi connectivity index (χ3v) is 10.00. The van der Waals surface area contributed by atoms with Crippen LogP contribution in [0, 0.1) is 17.3 Å². The van der Waals surface area contributed by atoms with E-state index in [1.807, 2.05) is 50.3 Å². The van der Waals surface area contributed by atoms with Crippen LogP contribution in [0.2, 0.25) is 0 Å². The predicted molar refractivity (Wildman–Crippen MR) is 214 cm³/mol. The number of nitrogens with zero attached hydrogens (tertiary/aromatic N) is 3. The number of hydrazine groups is 2. The summed E-state index contributed by atoms with van der Waals surface area (Å²) in [6.07, 6.45) is 7.66. The van der Waals surface area contributed by atoms with Gasteiger partial charge in [0.2, 0.25) is 9.70 Å². The molecule has 1 aliphatic heterocycles. The molecule has 1 saturated carbocycles. The number of benzene rings is 1. The summed E-state index contributed by atoms with van der Waals surface area (Å²) < 4.78 is 8.66. The van der Waals surface area contributed by atoms with Crippen LogP contribution in [0.3, 0.4) is 0 Å². The van der Waals surface area contributed by atoms with Crippen molar-refractivity contribution in [1.82, 2.24) is 26.2 Å². The van der Waals surface area contributed by atoms with Crippen molar-refractivity contribution in [3.63, 3.8) is 0 Å². The first-order valence-corrected chi connectivity index (χ1v) is 19.7. The minimum atomic E-state index is -1.76. The van der Waals surface area contributed by atoms with Crippen LogP contribution in [0.25, 0.3) is 17.0 Å². The summed E-state index contributed by atoms with van der Waals surface area (Å²) in [5.41, 5.74) is 5.51. The summed E-state index contributed by atoms with van der Waals surface area (Å²) in [7, 11) is 1.67. The monoisotopic (exact) mass is 822 g/mol. The Kier molecular flexibility index (Phi) is 14.8. The van der Waals surface area contributed by atoms with Crippen LogP contribution in [0.5, 0.6) is 0 Å². The number of ketones is 1. The van der Waals surface area contributed by atoms with Gasteiger partial charge in [0.05, 0.1) is 5.52 Å². The third kappa shape index (κ3) is 13.2. The lowest BCUT2D eigenvalue weighted by Crippen LogP contribution is -2.60. The van der Waals surface area contributed by atoms with Gasteiger partial charge in [-0.2, -0.15) is 0 Å². The number of amides is 3. The minimum absolute atomic E-state index is 0.0138. The number of rotatable bonds is 13. The Balaban J connectivity index is 1.40.